The lowest BCUT2D eigenvalue weighted by atomic mass is 9.94. The number of Topliss-reactive ketones (excluding diaryl/α,β-unsaturated/α-hetero) is 1. The van der Waals surface area contributed by atoms with E-state index in [2.05, 4.69) is 10.6 Å². The van der Waals surface area contributed by atoms with Crippen molar-refractivity contribution < 1.29 is 28.0 Å². The fourth-order valence-electron chi connectivity index (χ4n) is 3.51. The Morgan fingerprint density at radius 3 is 2.23 bits per heavy atom. The molecule has 0 saturated heterocycles. The summed E-state index contributed by atoms with van der Waals surface area (Å²) in [7, 11) is 0. The maximum atomic E-state index is 14.7. The fourth-order valence-corrected chi connectivity index (χ4v) is 3.82. The van der Waals surface area contributed by atoms with Crippen molar-refractivity contribution in [3.8, 4) is 0 Å². The first-order chi connectivity index (χ1) is 18.4. The van der Waals surface area contributed by atoms with Gasteiger partial charge in [0.15, 0.2) is 0 Å². The fraction of sp³-hybridized carbons (Fsp3) is 0.357. The molecule has 0 fully saturated rings. The topological polar surface area (TPSA) is 104 Å². The average Bonchev–Trinajstić information content (AvgIpc) is 2.90. The monoisotopic (exact) mass is 581 g/mol. The van der Waals surface area contributed by atoms with Gasteiger partial charge in [-0.25, -0.2) is 0 Å². The van der Waals surface area contributed by atoms with E-state index >= 15 is 0 Å². The van der Waals surface area contributed by atoms with E-state index in [1.54, 1.807) is 55.5 Å². The van der Waals surface area contributed by atoms with Crippen molar-refractivity contribution in [2.24, 2.45) is 5.92 Å². The number of hydrogen-bond donors (Lipinski definition) is 3. The molecule has 0 aliphatic carbocycles. The molecule has 3 N–H and O–H groups in total. The summed E-state index contributed by atoms with van der Waals surface area (Å²) in [5.74, 6) is -10.1. The molecule has 210 valence electrons. The van der Waals surface area contributed by atoms with Gasteiger partial charge >= 0.3 is 5.92 Å². The third-order valence-electron chi connectivity index (χ3n) is 5.66. The summed E-state index contributed by atoms with van der Waals surface area (Å²) in [6.07, 6.45) is 3.07. The Morgan fingerprint density at radius 1 is 0.974 bits per heavy atom. The summed E-state index contributed by atoms with van der Waals surface area (Å²) in [5, 5.41) is 7.54. The predicted molar refractivity (Wildman–Crippen MR) is 148 cm³/mol. The van der Waals surface area contributed by atoms with Gasteiger partial charge in [-0.1, -0.05) is 80.4 Å². The first-order valence-corrected chi connectivity index (χ1v) is 13.1. The van der Waals surface area contributed by atoms with E-state index in [-0.39, 0.29) is 13.0 Å². The molecule has 0 aliphatic heterocycles. The third-order valence-corrected chi connectivity index (χ3v) is 6.40. The predicted octanol–water partition coefficient (Wildman–Crippen LogP) is 4.61. The second-order valence-corrected chi connectivity index (χ2v) is 10.00. The van der Waals surface area contributed by atoms with Crippen molar-refractivity contribution in [1.82, 2.24) is 16.0 Å². The zero-order valence-electron chi connectivity index (χ0n) is 21.8. The SMILES string of the molecule is CCCNC(=O)C(F)(F)C(=O)[C@@H](NC(=O)[C@H](Cc1ccccc1)NC(=O)/C=C/c1ccc(Cl)c(Cl)c1)C(C)C. The van der Waals surface area contributed by atoms with Crippen molar-refractivity contribution in [1.29, 1.82) is 0 Å². The average molecular weight is 582 g/mol. The molecule has 2 aromatic rings. The van der Waals surface area contributed by atoms with Crippen molar-refractivity contribution in [3.63, 3.8) is 0 Å². The number of halogens is 4. The Bertz CT molecular complexity index is 1210. The van der Waals surface area contributed by atoms with Gasteiger partial charge in [0.05, 0.1) is 16.1 Å². The Hall–Kier alpha value is -3.30. The molecule has 2 atom stereocenters. The second-order valence-electron chi connectivity index (χ2n) is 9.18. The number of hydrogen-bond acceptors (Lipinski definition) is 4. The van der Waals surface area contributed by atoms with Crippen LogP contribution in [-0.2, 0) is 25.6 Å². The Balaban J connectivity index is 2.25. The highest BCUT2D eigenvalue weighted by Gasteiger charge is 2.51. The quantitative estimate of drug-likeness (QED) is 0.237. The van der Waals surface area contributed by atoms with Crippen LogP contribution in [-0.4, -0.2) is 48.1 Å². The molecule has 39 heavy (non-hydrogen) atoms. The minimum atomic E-state index is -4.35. The van der Waals surface area contributed by atoms with E-state index in [1.165, 1.54) is 26.0 Å². The molecule has 0 aromatic heterocycles. The summed E-state index contributed by atoms with van der Waals surface area (Å²) in [6, 6.07) is 10.6. The lowest BCUT2D eigenvalue weighted by Gasteiger charge is -2.27. The number of ketones is 1. The van der Waals surface area contributed by atoms with Gasteiger partial charge in [0.1, 0.15) is 6.04 Å². The Morgan fingerprint density at radius 2 is 1.64 bits per heavy atom. The molecule has 3 amide bonds. The van der Waals surface area contributed by atoms with E-state index in [4.69, 9.17) is 23.2 Å². The van der Waals surface area contributed by atoms with E-state index < -0.39 is 47.4 Å². The molecule has 2 rings (SSSR count). The van der Waals surface area contributed by atoms with Crippen LogP contribution in [0.15, 0.2) is 54.6 Å². The molecular weight excluding hydrogens is 551 g/mol. The van der Waals surface area contributed by atoms with Crippen LogP contribution < -0.4 is 16.0 Å². The molecular formula is C28H31Cl2F2N3O4. The van der Waals surface area contributed by atoms with Gasteiger partial charge in [-0.3, -0.25) is 19.2 Å². The van der Waals surface area contributed by atoms with Crippen LogP contribution in [0, 0.1) is 5.92 Å². The van der Waals surface area contributed by atoms with Gasteiger partial charge < -0.3 is 16.0 Å². The van der Waals surface area contributed by atoms with Crippen LogP contribution in [0.4, 0.5) is 8.78 Å². The number of carbonyl (C=O) groups is 4. The molecule has 0 aliphatic rings. The van der Waals surface area contributed by atoms with Gasteiger partial charge in [-0.2, -0.15) is 8.78 Å². The zero-order chi connectivity index (χ0) is 29.2. The second kappa shape index (κ2) is 14.7. The van der Waals surface area contributed by atoms with Gasteiger partial charge in [0.2, 0.25) is 17.6 Å². The summed E-state index contributed by atoms with van der Waals surface area (Å²) in [5.41, 5.74) is 1.26. The summed E-state index contributed by atoms with van der Waals surface area (Å²) in [6.45, 7) is 4.58. The number of amides is 3. The van der Waals surface area contributed by atoms with Crippen molar-refractivity contribution >= 4 is 52.8 Å². The molecule has 11 heteroatoms. The maximum absolute atomic E-state index is 14.7. The maximum Gasteiger partial charge on any atom is 0.383 e. The van der Waals surface area contributed by atoms with Gasteiger partial charge in [0, 0.05) is 19.0 Å². The molecule has 7 nitrogen and oxygen atoms in total. The zero-order valence-corrected chi connectivity index (χ0v) is 23.3. The normalized spacial score (nSPS) is 13.1. The van der Waals surface area contributed by atoms with E-state index in [0.717, 1.165) is 0 Å². The molecule has 0 radical (unpaired) electrons. The van der Waals surface area contributed by atoms with Crippen LogP contribution in [0.3, 0.4) is 0 Å². The third kappa shape index (κ3) is 9.44. The minimum absolute atomic E-state index is 0.0193. The molecule has 2 aromatic carbocycles. The number of carbonyl (C=O) groups excluding carboxylic acids is 4. The smallest absolute Gasteiger partial charge is 0.350 e. The number of nitrogens with one attached hydrogen (secondary N) is 3. The van der Waals surface area contributed by atoms with Crippen LogP contribution in [0.25, 0.3) is 6.08 Å². The lowest BCUT2D eigenvalue weighted by Crippen LogP contribution is -2.59. The van der Waals surface area contributed by atoms with Crippen molar-refractivity contribution in [3.05, 3.63) is 75.8 Å². The highest BCUT2D eigenvalue weighted by molar-refractivity contribution is 6.42. The molecule has 0 unspecified atom stereocenters. The molecule has 0 heterocycles. The van der Waals surface area contributed by atoms with E-state index in [0.29, 0.717) is 27.6 Å². The standard InChI is InChI=1S/C28H31Cl2F2N3O4/c1-4-14-33-27(39)28(31,32)25(37)24(17(2)3)35-26(38)22(16-18-8-6-5-7-9-18)34-23(36)13-11-19-10-12-20(29)21(30)15-19/h5-13,15,17,22,24H,4,14,16H2,1-3H3,(H,33,39)(H,34,36)(H,35,38)/b13-11+/t22-,24-/m0/s1. The molecule has 0 saturated carbocycles. The van der Waals surface area contributed by atoms with Gasteiger partial charge in [-0.15, -0.1) is 0 Å². The highest BCUT2D eigenvalue weighted by atomic mass is 35.5. The number of benzene rings is 2. The Kier molecular flexibility index (Phi) is 12.1. The number of alkyl halides is 2. The van der Waals surface area contributed by atoms with Crippen LogP contribution in [0.2, 0.25) is 10.0 Å². The first-order valence-electron chi connectivity index (χ1n) is 12.3. The largest absolute Gasteiger partial charge is 0.383 e. The first kappa shape index (κ1) is 31.9. The van der Waals surface area contributed by atoms with E-state index in [9.17, 15) is 28.0 Å². The van der Waals surface area contributed by atoms with Crippen LogP contribution >= 0.6 is 23.2 Å². The Labute approximate surface area is 236 Å². The molecule has 0 bridgehead atoms. The lowest BCUT2D eigenvalue weighted by molar-refractivity contribution is -0.161. The van der Waals surface area contributed by atoms with Gasteiger partial charge in [0.25, 0.3) is 5.91 Å². The van der Waals surface area contributed by atoms with Crippen LogP contribution in [0.1, 0.15) is 38.3 Å². The highest BCUT2D eigenvalue weighted by Crippen LogP contribution is 2.23. The van der Waals surface area contributed by atoms with E-state index in [1.807, 2.05) is 5.32 Å². The summed E-state index contributed by atoms with van der Waals surface area (Å²) in [4.78, 5) is 50.6. The van der Waals surface area contributed by atoms with Crippen molar-refractivity contribution in [2.45, 2.75) is 51.6 Å². The van der Waals surface area contributed by atoms with Crippen LogP contribution in [0.5, 0.6) is 0 Å². The van der Waals surface area contributed by atoms with Crippen molar-refractivity contribution in [2.75, 3.05) is 6.54 Å². The minimum Gasteiger partial charge on any atom is -0.350 e. The number of rotatable bonds is 13. The van der Waals surface area contributed by atoms with Gasteiger partial charge in [-0.05, 0) is 41.7 Å². The molecule has 0 spiro atoms. The summed E-state index contributed by atoms with van der Waals surface area (Å²) < 4.78 is 29.3. The summed E-state index contributed by atoms with van der Waals surface area (Å²) >= 11 is 11.9.